The van der Waals surface area contributed by atoms with Crippen molar-refractivity contribution in [3.63, 3.8) is 0 Å². The molecule has 2 heteroatoms. The predicted octanol–water partition coefficient (Wildman–Crippen LogP) is 3.54. The third-order valence-corrected chi connectivity index (χ3v) is 5.62. The van der Waals surface area contributed by atoms with Gasteiger partial charge in [0, 0.05) is 6.42 Å². The van der Waals surface area contributed by atoms with E-state index in [2.05, 4.69) is 6.92 Å². The van der Waals surface area contributed by atoms with Gasteiger partial charge in [0.15, 0.2) is 0 Å². The van der Waals surface area contributed by atoms with Crippen LogP contribution in [0, 0.1) is 23.7 Å². The van der Waals surface area contributed by atoms with Crippen LogP contribution in [-0.2, 0) is 9.53 Å². The van der Waals surface area contributed by atoms with E-state index in [1.807, 2.05) is 6.92 Å². The van der Waals surface area contributed by atoms with Gasteiger partial charge >= 0.3 is 5.97 Å². The molecule has 3 bridgehead atoms. The Morgan fingerprint density at radius 1 is 1.24 bits per heavy atom. The van der Waals surface area contributed by atoms with Crippen molar-refractivity contribution in [2.24, 2.45) is 23.7 Å². The summed E-state index contributed by atoms with van der Waals surface area (Å²) in [4.78, 5) is 11.6. The first-order chi connectivity index (χ1) is 8.10. The third-order valence-electron chi connectivity index (χ3n) is 5.62. The monoisotopic (exact) mass is 236 g/mol. The van der Waals surface area contributed by atoms with E-state index in [1.54, 1.807) is 0 Å². The second-order valence-corrected chi connectivity index (χ2v) is 6.71. The summed E-state index contributed by atoms with van der Waals surface area (Å²) in [5, 5.41) is 0. The Hall–Kier alpha value is -0.530. The van der Waals surface area contributed by atoms with Crippen LogP contribution in [0.1, 0.15) is 58.8 Å². The van der Waals surface area contributed by atoms with Gasteiger partial charge in [0.1, 0.15) is 5.60 Å². The number of fused-ring (bicyclic) bond motifs is 2. The van der Waals surface area contributed by atoms with Gasteiger partial charge in [0.2, 0.25) is 0 Å². The molecule has 0 aromatic heterocycles. The summed E-state index contributed by atoms with van der Waals surface area (Å²) in [5.41, 5.74) is -0.145. The van der Waals surface area contributed by atoms with Crippen LogP contribution in [0.2, 0.25) is 0 Å². The molecule has 0 aromatic carbocycles. The lowest BCUT2D eigenvalue weighted by atomic mass is 9.53. The lowest BCUT2D eigenvalue weighted by molar-refractivity contribution is -0.183. The largest absolute Gasteiger partial charge is 0.459 e. The van der Waals surface area contributed by atoms with Crippen molar-refractivity contribution in [2.45, 2.75) is 64.4 Å². The third kappa shape index (κ3) is 1.90. The van der Waals surface area contributed by atoms with Crippen molar-refractivity contribution in [1.82, 2.24) is 0 Å². The van der Waals surface area contributed by atoms with Crippen molar-refractivity contribution < 1.29 is 9.53 Å². The van der Waals surface area contributed by atoms with E-state index in [1.165, 1.54) is 32.1 Å². The predicted molar refractivity (Wildman–Crippen MR) is 66.5 cm³/mol. The molecule has 17 heavy (non-hydrogen) atoms. The lowest BCUT2D eigenvalue weighted by Crippen LogP contribution is -2.52. The summed E-state index contributed by atoms with van der Waals surface area (Å²) in [7, 11) is 0. The molecule has 0 heterocycles. The van der Waals surface area contributed by atoms with E-state index in [9.17, 15) is 4.79 Å². The molecule has 3 aliphatic carbocycles. The van der Waals surface area contributed by atoms with E-state index in [0.717, 1.165) is 24.2 Å². The van der Waals surface area contributed by atoms with Crippen LogP contribution in [0.15, 0.2) is 0 Å². The van der Waals surface area contributed by atoms with Gasteiger partial charge in [-0.25, -0.2) is 0 Å². The highest BCUT2D eigenvalue weighted by Gasteiger charge is 2.52. The second-order valence-electron chi connectivity index (χ2n) is 6.71. The van der Waals surface area contributed by atoms with Crippen LogP contribution in [0.5, 0.6) is 0 Å². The standard InChI is InChI=1S/C15H24O2/c1-3-14(16)17-15(2)9-11-5-4-10-6-12(11)8-13(15)7-10/h10-13H,3-9H2,1-2H3. The van der Waals surface area contributed by atoms with Crippen LogP contribution >= 0.6 is 0 Å². The smallest absolute Gasteiger partial charge is 0.306 e. The summed E-state index contributed by atoms with van der Waals surface area (Å²) in [6.45, 7) is 4.09. The summed E-state index contributed by atoms with van der Waals surface area (Å²) < 4.78 is 5.83. The van der Waals surface area contributed by atoms with Crippen molar-refractivity contribution >= 4 is 5.97 Å². The maximum atomic E-state index is 11.6. The van der Waals surface area contributed by atoms with Crippen LogP contribution < -0.4 is 0 Å². The minimum atomic E-state index is -0.145. The summed E-state index contributed by atoms with van der Waals surface area (Å²) in [5.74, 6) is 3.33. The molecule has 0 saturated heterocycles. The zero-order valence-electron chi connectivity index (χ0n) is 11.1. The van der Waals surface area contributed by atoms with Gasteiger partial charge in [-0.15, -0.1) is 0 Å². The van der Waals surface area contributed by atoms with E-state index >= 15 is 0 Å². The van der Waals surface area contributed by atoms with Crippen molar-refractivity contribution in [2.75, 3.05) is 0 Å². The maximum absolute atomic E-state index is 11.6. The normalized spacial score (nSPS) is 47.9. The molecule has 0 aromatic rings. The number of hydrogen-bond acceptors (Lipinski definition) is 2. The number of esters is 1. The molecule has 0 N–H and O–H groups in total. The molecule has 0 aliphatic heterocycles. The fourth-order valence-corrected chi connectivity index (χ4v) is 4.70. The molecular formula is C15H24O2. The zero-order valence-corrected chi connectivity index (χ0v) is 11.1. The van der Waals surface area contributed by atoms with E-state index < -0.39 is 0 Å². The Morgan fingerprint density at radius 3 is 2.82 bits per heavy atom. The van der Waals surface area contributed by atoms with Crippen molar-refractivity contribution in [3.8, 4) is 0 Å². The second kappa shape index (κ2) is 4.00. The van der Waals surface area contributed by atoms with E-state index in [0.29, 0.717) is 12.3 Å². The summed E-state index contributed by atoms with van der Waals surface area (Å²) in [6.07, 6.45) is 8.52. The Morgan fingerprint density at radius 2 is 2.06 bits per heavy atom. The van der Waals surface area contributed by atoms with Gasteiger partial charge in [-0.05, 0) is 62.7 Å². The molecule has 3 rings (SSSR count). The van der Waals surface area contributed by atoms with Crippen LogP contribution in [0.4, 0.5) is 0 Å². The number of carbonyl (C=O) groups is 1. The van der Waals surface area contributed by atoms with E-state index in [4.69, 9.17) is 4.74 Å². The van der Waals surface area contributed by atoms with Gasteiger partial charge in [-0.3, -0.25) is 4.79 Å². The number of carbonyl (C=O) groups excluding carboxylic acids is 1. The molecular weight excluding hydrogens is 212 g/mol. The van der Waals surface area contributed by atoms with Gasteiger partial charge in [0.25, 0.3) is 0 Å². The summed E-state index contributed by atoms with van der Waals surface area (Å²) >= 11 is 0. The summed E-state index contributed by atoms with van der Waals surface area (Å²) in [6, 6.07) is 0. The molecule has 0 radical (unpaired) electrons. The van der Waals surface area contributed by atoms with Crippen molar-refractivity contribution in [3.05, 3.63) is 0 Å². The molecule has 3 aliphatic rings. The van der Waals surface area contributed by atoms with Gasteiger partial charge in [-0.2, -0.15) is 0 Å². The average Bonchev–Trinajstić information content (AvgIpc) is 2.31. The first-order valence-electron chi connectivity index (χ1n) is 7.32. The highest BCUT2D eigenvalue weighted by Crippen LogP contribution is 2.56. The lowest BCUT2D eigenvalue weighted by Gasteiger charge is -2.55. The highest BCUT2D eigenvalue weighted by atomic mass is 16.6. The first-order valence-corrected chi connectivity index (χ1v) is 7.32. The highest BCUT2D eigenvalue weighted by molar-refractivity contribution is 5.69. The van der Waals surface area contributed by atoms with Crippen LogP contribution in [-0.4, -0.2) is 11.6 Å². The Bertz CT molecular complexity index is 323. The average molecular weight is 236 g/mol. The topological polar surface area (TPSA) is 26.3 Å². The molecule has 2 nitrogen and oxygen atoms in total. The zero-order chi connectivity index (χ0) is 12.0. The number of ether oxygens (including phenoxy) is 1. The van der Waals surface area contributed by atoms with Crippen LogP contribution in [0.3, 0.4) is 0 Å². The molecule has 5 unspecified atom stereocenters. The molecule has 96 valence electrons. The van der Waals surface area contributed by atoms with Gasteiger partial charge in [0.05, 0.1) is 0 Å². The quantitative estimate of drug-likeness (QED) is 0.685. The first kappa shape index (κ1) is 11.6. The molecule has 0 spiro atoms. The fraction of sp³-hybridized carbons (Fsp3) is 0.933. The SMILES string of the molecule is CCC(=O)OC1(C)CC2CCC3CC2CC1C3. The van der Waals surface area contributed by atoms with E-state index in [-0.39, 0.29) is 11.6 Å². The molecule has 3 saturated carbocycles. The molecule has 0 amide bonds. The fourth-order valence-electron chi connectivity index (χ4n) is 4.70. The maximum Gasteiger partial charge on any atom is 0.306 e. The molecule has 5 atom stereocenters. The Labute approximate surface area is 104 Å². The Balaban J connectivity index is 1.80. The number of hydrogen-bond donors (Lipinski definition) is 0. The van der Waals surface area contributed by atoms with Crippen LogP contribution in [0.25, 0.3) is 0 Å². The van der Waals surface area contributed by atoms with Gasteiger partial charge in [-0.1, -0.05) is 13.3 Å². The van der Waals surface area contributed by atoms with Gasteiger partial charge < -0.3 is 4.74 Å². The van der Waals surface area contributed by atoms with Crippen molar-refractivity contribution in [1.29, 1.82) is 0 Å². The Kier molecular flexibility index (Phi) is 2.72. The molecule has 3 fully saturated rings. The minimum absolute atomic E-state index is 0.00704. The number of rotatable bonds is 2. The minimum Gasteiger partial charge on any atom is -0.459 e.